The Morgan fingerprint density at radius 3 is 2.45 bits per heavy atom. The predicted molar refractivity (Wildman–Crippen MR) is 129 cm³/mol. The second-order valence-corrected chi connectivity index (χ2v) is 7.18. The molecule has 0 saturated carbocycles. The number of non-ortho nitro benzene ring substituents is 1. The van der Waals surface area contributed by atoms with Gasteiger partial charge in [-0.3, -0.25) is 10.1 Å². The minimum Gasteiger partial charge on any atom is -0.490 e. The van der Waals surface area contributed by atoms with Gasteiger partial charge in [-0.1, -0.05) is 36.4 Å². The van der Waals surface area contributed by atoms with Crippen LogP contribution in [0, 0.1) is 21.4 Å². The van der Waals surface area contributed by atoms with Crippen molar-refractivity contribution in [2.24, 2.45) is 0 Å². The lowest BCUT2D eigenvalue weighted by Crippen LogP contribution is -2.03. The summed E-state index contributed by atoms with van der Waals surface area (Å²) in [4.78, 5) is 10.4. The van der Waals surface area contributed by atoms with E-state index in [2.05, 4.69) is 12.6 Å². The molecular weight excluding hydrogens is 416 g/mol. The van der Waals surface area contributed by atoms with Crippen LogP contribution in [0.25, 0.3) is 11.6 Å². The highest BCUT2D eigenvalue weighted by atomic mass is 16.6. The summed E-state index contributed by atoms with van der Waals surface area (Å²) in [5.41, 5.74) is 3.90. The van der Waals surface area contributed by atoms with Gasteiger partial charge in [0, 0.05) is 17.7 Å². The Balaban J connectivity index is 1.96. The van der Waals surface area contributed by atoms with E-state index >= 15 is 0 Å². The van der Waals surface area contributed by atoms with E-state index in [4.69, 9.17) is 9.47 Å². The molecule has 166 valence electrons. The summed E-state index contributed by atoms with van der Waals surface area (Å²) in [5.74, 6) is 1.15. The fourth-order valence-electron chi connectivity index (χ4n) is 3.33. The monoisotopic (exact) mass is 440 g/mol. The maximum atomic E-state index is 10.9. The largest absolute Gasteiger partial charge is 0.490 e. The summed E-state index contributed by atoms with van der Waals surface area (Å²) in [7, 11) is 0. The third kappa shape index (κ3) is 6.08. The molecule has 0 N–H and O–H groups in total. The van der Waals surface area contributed by atoms with Crippen LogP contribution in [0.3, 0.4) is 0 Å². The average molecular weight is 440 g/mol. The quantitative estimate of drug-likeness (QED) is 0.120. The van der Waals surface area contributed by atoms with Crippen molar-refractivity contribution in [3.8, 4) is 17.6 Å². The second kappa shape index (κ2) is 11.3. The third-order valence-corrected chi connectivity index (χ3v) is 4.86. The SMILES string of the molecule is C=CCc1cc(/C=C(\C#N)c2ccccc2)cc(OCC)c1OCc1ccc([N+](=O)[O-])cc1. The molecule has 3 rings (SSSR count). The van der Waals surface area contributed by atoms with Gasteiger partial charge >= 0.3 is 0 Å². The first kappa shape index (κ1) is 23.3. The maximum Gasteiger partial charge on any atom is 0.269 e. The van der Waals surface area contributed by atoms with Crippen molar-refractivity contribution in [2.45, 2.75) is 20.0 Å². The number of ether oxygens (including phenoxy) is 2. The number of hydrogen-bond acceptors (Lipinski definition) is 5. The Labute approximate surface area is 193 Å². The molecular formula is C27H24N2O4. The molecule has 0 radical (unpaired) electrons. The fourth-order valence-corrected chi connectivity index (χ4v) is 3.33. The van der Waals surface area contributed by atoms with Crippen LogP contribution in [0.2, 0.25) is 0 Å². The molecule has 6 nitrogen and oxygen atoms in total. The first-order chi connectivity index (χ1) is 16.0. The lowest BCUT2D eigenvalue weighted by Gasteiger charge is -2.17. The van der Waals surface area contributed by atoms with Gasteiger partial charge in [0.2, 0.25) is 0 Å². The Hall–Kier alpha value is -4.37. The molecule has 3 aromatic rings. The summed E-state index contributed by atoms with van der Waals surface area (Å²) in [5, 5.41) is 20.5. The van der Waals surface area contributed by atoms with Gasteiger partial charge in [0.15, 0.2) is 11.5 Å². The van der Waals surface area contributed by atoms with E-state index in [0.29, 0.717) is 30.1 Å². The van der Waals surface area contributed by atoms with Crippen LogP contribution < -0.4 is 9.47 Å². The van der Waals surface area contributed by atoms with Crippen molar-refractivity contribution in [3.05, 3.63) is 112 Å². The molecule has 6 heteroatoms. The first-order valence-electron chi connectivity index (χ1n) is 10.5. The van der Waals surface area contributed by atoms with Crippen molar-refractivity contribution in [3.63, 3.8) is 0 Å². The van der Waals surface area contributed by atoms with Crippen molar-refractivity contribution < 1.29 is 14.4 Å². The van der Waals surface area contributed by atoms with Crippen LogP contribution >= 0.6 is 0 Å². The van der Waals surface area contributed by atoms with Crippen molar-refractivity contribution in [2.75, 3.05) is 6.61 Å². The first-order valence-corrected chi connectivity index (χ1v) is 10.5. The Morgan fingerprint density at radius 1 is 1.12 bits per heavy atom. The molecule has 0 spiro atoms. The molecule has 0 fully saturated rings. The van der Waals surface area contributed by atoms with E-state index in [1.807, 2.05) is 55.5 Å². The lowest BCUT2D eigenvalue weighted by molar-refractivity contribution is -0.384. The van der Waals surface area contributed by atoms with Gasteiger partial charge in [-0.2, -0.15) is 5.26 Å². The van der Waals surface area contributed by atoms with E-state index in [1.54, 1.807) is 18.2 Å². The van der Waals surface area contributed by atoms with Crippen LogP contribution in [-0.4, -0.2) is 11.5 Å². The zero-order valence-electron chi connectivity index (χ0n) is 18.4. The molecule has 0 unspecified atom stereocenters. The molecule has 0 saturated heterocycles. The summed E-state index contributed by atoms with van der Waals surface area (Å²) in [6.07, 6.45) is 4.15. The van der Waals surface area contributed by atoms with Gasteiger partial charge in [-0.15, -0.1) is 6.58 Å². The normalized spacial score (nSPS) is 10.8. The van der Waals surface area contributed by atoms with Crippen molar-refractivity contribution in [1.29, 1.82) is 5.26 Å². The number of hydrogen-bond donors (Lipinski definition) is 0. The topological polar surface area (TPSA) is 85.4 Å². The number of benzene rings is 3. The fraction of sp³-hybridized carbons (Fsp3) is 0.148. The molecule has 33 heavy (non-hydrogen) atoms. The molecule has 0 aliphatic heterocycles. The van der Waals surface area contributed by atoms with Gasteiger partial charge in [-0.25, -0.2) is 0 Å². The van der Waals surface area contributed by atoms with E-state index < -0.39 is 4.92 Å². The minimum atomic E-state index is -0.433. The van der Waals surface area contributed by atoms with Gasteiger partial charge in [0.05, 0.1) is 23.2 Å². The second-order valence-electron chi connectivity index (χ2n) is 7.18. The van der Waals surface area contributed by atoms with Crippen LogP contribution in [0.15, 0.2) is 79.4 Å². The number of nitriles is 1. The number of rotatable bonds is 10. The maximum absolute atomic E-state index is 10.9. The Kier molecular flexibility index (Phi) is 7.98. The molecule has 0 aliphatic carbocycles. The number of nitro benzene ring substituents is 1. The molecule has 3 aromatic carbocycles. The van der Waals surface area contributed by atoms with Gasteiger partial charge in [0.25, 0.3) is 5.69 Å². The summed E-state index contributed by atoms with van der Waals surface area (Å²) in [6, 6.07) is 21.8. The molecule has 0 heterocycles. The highest BCUT2D eigenvalue weighted by molar-refractivity contribution is 5.90. The summed E-state index contributed by atoms with van der Waals surface area (Å²) >= 11 is 0. The number of nitro groups is 1. The Bertz CT molecular complexity index is 1190. The highest BCUT2D eigenvalue weighted by Crippen LogP contribution is 2.36. The smallest absolute Gasteiger partial charge is 0.269 e. The van der Waals surface area contributed by atoms with Crippen LogP contribution in [-0.2, 0) is 13.0 Å². The van der Waals surface area contributed by atoms with Gasteiger partial charge < -0.3 is 9.47 Å². The van der Waals surface area contributed by atoms with Gasteiger partial charge in [-0.05, 0) is 60.4 Å². The lowest BCUT2D eigenvalue weighted by atomic mass is 10.0. The van der Waals surface area contributed by atoms with Crippen LogP contribution in [0.4, 0.5) is 5.69 Å². The Morgan fingerprint density at radius 2 is 1.85 bits per heavy atom. The summed E-state index contributed by atoms with van der Waals surface area (Å²) < 4.78 is 12.0. The van der Waals surface area contributed by atoms with E-state index in [9.17, 15) is 15.4 Å². The number of nitrogens with zero attached hydrogens (tertiary/aromatic N) is 2. The third-order valence-electron chi connectivity index (χ3n) is 4.86. The van der Waals surface area contributed by atoms with Crippen LogP contribution in [0.5, 0.6) is 11.5 Å². The molecule has 0 bridgehead atoms. The molecule has 0 amide bonds. The predicted octanol–water partition coefficient (Wildman–Crippen LogP) is 6.37. The molecule has 0 aromatic heterocycles. The summed E-state index contributed by atoms with van der Waals surface area (Å²) in [6.45, 7) is 6.40. The average Bonchev–Trinajstić information content (AvgIpc) is 2.83. The van der Waals surface area contributed by atoms with Crippen molar-refractivity contribution >= 4 is 17.3 Å². The molecule has 0 atom stereocenters. The van der Waals surface area contributed by atoms with E-state index in [1.165, 1.54) is 12.1 Å². The number of allylic oxidation sites excluding steroid dienone is 2. The standard InChI is InChI=1S/C27H24N2O4/c1-3-8-23-15-21(16-24(18-28)22-9-6-5-7-10-22)17-26(32-4-2)27(23)33-19-20-11-13-25(14-12-20)29(30)31/h3,5-7,9-17H,1,4,8,19H2,2H3/b24-16+. The molecule has 0 aliphatic rings. The zero-order chi connectivity index (χ0) is 23.6. The zero-order valence-corrected chi connectivity index (χ0v) is 18.4. The highest BCUT2D eigenvalue weighted by Gasteiger charge is 2.14. The van der Waals surface area contributed by atoms with Crippen molar-refractivity contribution in [1.82, 2.24) is 0 Å². The van der Waals surface area contributed by atoms with Gasteiger partial charge in [0.1, 0.15) is 6.61 Å². The van der Waals surface area contributed by atoms with Crippen LogP contribution in [0.1, 0.15) is 29.2 Å². The van der Waals surface area contributed by atoms with E-state index in [0.717, 1.165) is 22.3 Å². The van der Waals surface area contributed by atoms with E-state index in [-0.39, 0.29) is 12.3 Å². The minimum absolute atomic E-state index is 0.0314.